The van der Waals surface area contributed by atoms with Crippen LogP contribution in [0.1, 0.15) is 54.6 Å². The van der Waals surface area contributed by atoms with Gasteiger partial charge in [0.2, 0.25) is 0 Å². The number of halogens is 3. The van der Waals surface area contributed by atoms with Crippen LogP contribution in [0.3, 0.4) is 0 Å². The molecular weight excluding hydrogens is 559 g/mol. The van der Waals surface area contributed by atoms with E-state index in [9.17, 15) is 10.1 Å². The van der Waals surface area contributed by atoms with Crippen molar-refractivity contribution < 1.29 is 17.9 Å². The zero-order valence-corrected chi connectivity index (χ0v) is 24.4. The van der Waals surface area contributed by atoms with Crippen LogP contribution in [0.4, 0.5) is 19.0 Å². The number of nitriles is 1. The topological polar surface area (TPSA) is 108 Å². The minimum Gasteiger partial charge on any atom is -0.365 e. The highest BCUT2D eigenvalue weighted by Crippen LogP contribution is 2.47. The van der Waals surface area contributed by atoms with Gasteiger partial charge in [-0.05, 0) is 57.7 Å². The summed E-state index contributed by atoms with van der Waals surface area (Å²) in [5.74, 6) is -3.74. The Morgan fingerprint density at radius 3 is 2.65 bits per heavy atom. The number of ether oxygens (including phenoxy) is 1. The van der Waals surface area contributed by atoms with Crippen molar-refractivity contribution in [3.8, 4) is 6.07 Å². The summed E-state index contributed by atoms with van der Waals surface area (Å²) < 4.78 is 53.5. The molecule has 1 aliphatic carbocycles. The lowest BCUT2D eigenvalue weighted by Crippen LogP contribution is -2.48. The number of hydrogen-bond acceptors (Lipinski definition) is 8. The quantitative estimate of drug-likeness (QED) is 0.455. The van der Waals surface area contributed by atoms with E-state index >= 15 is 13.2 Å². The Balaban J connectivity index is 1.44. The van der Waals surface area contributed by atoms with Gasteiger partial charge in [0.15, 0.2) is 0 Å². The SMILES string of the molecule is COC1Cn2c(=O)c(C3(C#N)CC3)cc3c(nc(C)nc32)NCc2cccc(c2F)C(F)(F)CC2CN(CCCCN1)C2. The lowest BCUT2D eigenvalue weighted by Gasteiger charge is -2.41. The molecular formula is C31H36F3N7O2. The van der Waals surface area contributed by atoms with E-state index in [-0.39, 0.29) is 30.1 Å². The molecule has 3 aliphatic heterocycles. The van der Waals surface area contributed by atoms with Gasteiger partial charge in [-0.15, -0.1) is 0 Å². The van der Waals surface area contributed by atoms with Crippen molar-refractivity contribution in [2.45, 2.75) is 69.7 Å². The highest BCUT2D eigenvalue weighted by molar-refractivity contribution is 5.88. The van der Waals surface area contributed by atoms with Crippen LogP contribution in [0.5, 0.6) is 0 Å². The molecule has 4 aliphatic rings. The largest absolute Gasteiger partial charge is 0.365 e. The molecule has 2 aromatic heterocycles. The van der Waals surface area contributed by atoms with E-state index in [1.54, 1.807) is 20.1 Å². The lowest BCUT2D eigenvalue weighted by molar-refractivity contribution is -0.0592. The van der Waals surface area contributed by atoms with Crippen molar-refractivity contribution >= 4 is 16.9 Å². The summed E-state index contributed by atoms with van der Waals surface area (Å²) in [6.45, 7) is 4.28. The second kappa shape index (κ2) is 11.5. The van der Waals surface area contributed by atoms with Crippen LogP contribution in [0.15, 0.2) is 29.1 Å². The van der Waals surface area contributed by atoms with Crippen LogP contribution in [-0.2, 0) is 29.2 Å². The molecule has 9 nitrogen and oxygen atoms in total. The molecule has 2 N–H and O–H groups in total. The normalized spacial score (nSPS) is 25.2. The fourth-order valence-electron chi connectivity index (χ4n) is 6.32. The summed E-state index contributed by atoms with van der Waals surface area (Å²) in [6, 6.07) is 8.05. The van der Waals surface area contributed by atoms with Crippen LogP contribution in [0, 0.1) is 30.0 Å². The van der Waals surface area contributed by atoms with Gasteiger partial charge in [-0.2, -0.15) is 5.26 Å². The maximum atomic E-state index is 15.6. The van der Waals surface area contributed by atoms with Gasteiger partial charge in [0, 0.05) is 44.3 Å². The number of methoxy groups -OCH3 is 1. The maximum Gasteiger partial charge on any atom is 0.276 e. The van der Waals surface area contributed by atoms with Gasteiger partial charge in [0.05, 0.1) is 29.0 Å². The molecule has 12 heteroatoms. The molecule has 1 saturated carbocycles. The number of pyridine rings is 1. The first kappa shape index (κ1) is 29.5. The Morgan fingerprint density at radius 2 is 1.93 bits per heavy atom. The average molecular weight is 596 g/mol. The predicted molar refractivity (Wildman–Crippen MR) is 155 cm³/mol. The molecule has 2 fully saturated rings. The average Bonchev–Trinajstić information content (AvgIpc) is 3.75. The summed E-state index contributed by atoms with van der Waals surface area (Å²) in [6.07, 6.45) is 1.93. The zero-order chi connectivity index (χ0) is 30.4. The summed E-state index contributed by atoms with van der Waals surface area (Å²) in [7, 11) is 1.57. The summed E-state index contributed by atoms with van der Waals surface area (Å²) in [5, 5.41) is 16.9. The molecule has 1 aromatic carbocycles. The van der Waals surface area contributed by atoms with E-state index in [1.165, 1.54) is 16.7 Å². The third-order valence-electron chi connectivity index (χ3n) is 8.94. The van der Waals surface area contributed by atoms with Crippen molar-refractivity contribution in [3.63, 3.8) is 0 Å². The number of benzene rings is 1. The van der Waals surface area contributed by atoms with E-state index < -0.39 is 35.4 Å². The minimum atomic E-state index is -3.30. The highest BCUT2D eigenvalue weighted by Gasteiger charge is 2.47. The number of aromatic nitrogens is 3. The Morgan fingerprint density at radius 1 is 1.14 bits per heavy atom. The Bertz CT molecular complexity index is 1630. The molecule has 1 saturated heterocycles. The van der Waals surface area contributed by atoms with E-state index in [1.807, 2.05) is 0 Å². The third-order valence-corrected chi connectivity index (χ3v) is 8.94. The summed E-state index contributed by atoms with van der Waals surface area (Å²) in [5.41, 5.74) is -1.02. The molecule has 8 bridgehead atoms. The first-order valence-electron chi connectivity index (χ1n) is 14.9. The standard InChI is InChI=1S/C31H36F3N7O2/c1-19-38-27-22-12-24(30(18-35)8-9-30)29(42)41(28(22)39-19)17-25(43-2)36-10-3-4-11-40-15-20(16-40)13-31(33,34)23-7-5-6-21(14-37-27)26(23)32/h5-7,12,20,25,36H,3-4,8-11,13-17H2,1-2H3,(H,37,38,39). The van der Waals surface area contributed by atoms with E-state index in [0.717, 1.165) is 25.5 Å². The number of hydrogen-bond donors (Lipinski definition) is 2. The Labute approximate surface area is 248 Å². The molecule has 228 valence electrons. The van der Waals surface area contributed by atoms with Crippen LogP contribution in [0.25, 0.3) is 11.0 Å². The van der Waals surface area contributed by atoms with Crippen molar-refractivity contribution in [2.24, 2.45) is 5.92 Å². The summed E-state index contributed by atoms with van der Waals surface area (Å²) >= 11 is 0. The van der Waals surface area contributed by atoms with Crippen molar-refractivity contribution in [3.05, 3.63) is 63.0 Å². The number of nitrogens with one attached hydrogen (secondary N) is 2. The van der Waals surface area contributed by atoms with Gasteiger partial charge in [-0.3, -0.25) is 14.7 Å². The van der Waals surface area contributed by atoms with E-state index in [2.05, 4.69) is 31.6 Å². The number of nitrogens with zero attached hydrogens (tertiary/aromatic N) is 5. The smallest absolute Gasteiger partial charge is 0.276 e. The number of fused-ring (bicyclic) bond motifs is 8. The third kappa shape index (κ3) is 5.73. The Kier molecular flexibility index (Phi) is 7.91. The van der Waals surface area contributed by atoms with Gasteiger partial charge in [-0.25, -0.2) is 23.1 Å². The van der Waals surface area contributed by atoms with Gasteiger partial charge in [0.1, 0.15) is 29.3 Å². The number of anilines is 1. The first-order chi connectivity index (χ1) is 20.6. The predicted octanol–water partition coefficient (Wildman–Crippen LogP) is 4.18. The minimum absolute atomic E-state index is 0.0793. The lowest BCUT2D eigenvalue weighted by atomic mass is 9.89. The monoisotopic (exact) mass is 595 g/mol. The fourth-order valence-corrected chi connectivity index (χ4v) is 6.32. The maximum absolute atomic E-state index is 15.6. The molecule has 7 rings (SSSR count). The second-order valence-electron chi connectivity index (χ2n) is 12.1. The van der Waals surface area contributed by atoms with Crippen LogP contribution in [-0.4, -0.2) is 59.0 Å². The van der Waals surface area contributed by atoms with Crippen LogP contribution >= 0.6 is 0 Å². The molecule has 5 heterocycles. The molecule has 0 radical (unpaired) electrons. The van der Waals surface area contributed by atoms with Gasteiger partial charge in [-0.1, -0.05) is 18.2 Å². The molecule has 1 atom stereocenters. The van der Waals surface area contributed by atoms with Crippen LogP contribution in [0.2, 0.25) is 0 Å². The second-order valence-corrected chi connectivity index (χ2v) is 12.1. The fraction of sp³-hybridized carbons (Fsp3) is 0.548. The molecule has 0 spiro atoms. The molecule has 3 aromatic rings. The molecule has 0 amide bonds. The van der Waals surface area contributed by atoms with Gasteiger partial charge in [0.25, 0.3) is 11.5 Å². The van der Waals surface area contributed by atoms with Gasteiger partial charge < -0.3 is 15.0 Å². The first-order valence-corrected chi connectivity index (χ1v) is 14.9. The zero-order valence-electron chi connectivity index (χ0n) is 24.4. The number of aryl methyl sites for hydroxylation is 1. The number of alkyl halides is 2. The van der Waals surface area contributed by atoms with E-state index in [0.29, 0.717) is 60.7 Å². The molecule has 43 heavy (non-hydrogen) atoms. The van der Waals surface area contributed by atoms with Crippen molar-refractivity contribution in [1.29, 1.82) is 5.26 Å². The van der Waals surface area contributed by atoms with Crippen molar-refractivity contribution in [1.82, 2.24) is 24.8 Å². The van der Waals surface area contributed by atoms with E-state index in [4.69, 9.17) is 4.74 Å². The number of rotatable bonds is 2. The summed E-state index contributed by atoms with van der Waals surface area (Å²) in [4.78, 5) is 25.1. The highest BCUT2D eigenvalue weighted by atomic mass is 19.3. The van der Waals surface area contributed by atoms with Crippen LogP contribution < -0.4 is 16.2 Å². The van der Waals surface area contributed by atoms with Gasteiger partial charge >= 0.3 is 0 Å². The Hall–Kier alpha value is -3.53. The molecule has 1 unspecified atom stereocenters. The van der Waals surface area contributed by atoms with Crippen molar-refractivity contribution in [2.75, 3.05) is 38.6 Å².